The lowest BCUT2D eigenvalue weighted by Gasteiger charge is -2.34. The fourth-order valence-electron chi connectivity index (χ4n) is 5.56. The van der Waals surface area contributed by atoms with Crippen LogP contribution in [-0.2, 0) is 32.6 Å². The lowest BCUT2D eigenvalue weighted by atomic mass is 10.0. The molecule has 0 spiro atoms. The van der Waals surface area contributed by atoms with Gasteiger partial charge in [0.1, 0.15) is 18.4 Å². The number of nitrogens with zero attached hydrogens (tertiary/aromatic N) is 2. The number of hydrogen-bond acceptors (Lipinski definition) is 4. The lowest BCUT2D eigenvalue weighted by Crippen LogP contribution is -2.54. The fourth-order valence-corrected chi connectivity index (χ4v) is 7.12. The molecule has 0 aliphatic heterocycles. The van der Waals surface area contributed by atoms with Gasteiger partial charge in [-0.05, 0) is 72.5 Å². The van der Waals surface area contributed by atoms with Gasteiger partial charge in [-0.2, -0.15) is 0 Å². The SMILES string of the molecule is O=C(NC1CCCC1)[C@H](Cc1ccccc1)N(Cc1ccc(F)cc1)C(=O)CN(c1ccc(Cl)cc1)S(=O)(=O)c1ccccc1. The summed E-state index contributed by atoms with van der Waals surface area (Å²) in [7, 11) is -4.20. The van der Waals surface area contributed by atoms with Crippen LogP contribution in [0.15, 0.2) is 114 Å². The fraction of sp³-hybridized carbons (Fsp3) is 0.257. The van der Waals surface area contributed by atoms with Crippen LogP contribution in [-0.4, -0.2) is 43.8 Å². The average molecular weight is 648 g/mol. The summed E-state index contributed by atoms with van der Waals surface area (Å²) in [5.41, 5.74) is 1.68. The van der Waals surface area contributed by atoms with E-state index in [1.165, 1.54) is 41.3 Å². The van der Waals surface area contributed by atoms with E-state index in [1.54, 1.807) is 42.5 Å². The van der Waals surface area contributed by atoms with Gasteiger partial charge in [0.05, 0.1) is 10.6 Å². The van der Waals surface area contributed by atoms with Crippen LogP contribution >= 0.6 is 11.6 Å². The van der Waals surface area contributed by atoms with E-state index < -0.39 is 34.3 Å². The van der Waals surface area contributed by atoms with E-state index in [0.717, 1.165) is 35.6 Å². The third kappa shape index (κ3) is 8.29. The van der Waals surface area contributed by atoms with E-state index in [-0.39, 0.29) is 35.5 Å². The number of benzene rings is 4. The van der Waals surface area contributed by atoms with E-state index in [2.05, 4.69) is 5.32 Å². The molecule has 1 aliphatic rings. The van der Waals surface area contributed by atoms with Crippen LogP contribution in [0, 0.1) is 5.82 Å². The lowest BCUT2D eigenvalue weighted by molar-refractivity contribution is -0.140. The van der Waals surface area contributed by atoms with Crippen molar-refractivity contribution < 1.29 is 22.4 Å². The molecule has 0 heterocycles. The molecule has 1 N–H and O–H groups in total. The van der Waals surface area contributed by atoms with Crippen LogP contribution in [0.1, 0.15) is 36.8 Å². The third-order valence-corrected chi connectivity index (χ3v) is 10.0. The van der Waals surface area contributed by atoms with Crippen LogP contribution in [0.5, 0.6) is 0 Å². The van der Waals surface area contributed by atoms with Gasteiger partial charge < -0.3 is 10.2 Å². The Morgan fingerprint density at radius 3 is 2.04 bits per heavy atom. The molecule has 1 fully saturated rings. The molecule has 0 bridgehead atoms. The molecule has 5 rings (SSSR count). The van der Waals surface area contributed by atoms with Crippen molar-refractivity contribution in [3.05, 3.63) is 131 Å². The number of nitrogens with one attached hydrogen (secondary N) is 1. The molecule has 7 nitrogen and oxygen atoms in total. The minimum absolute atomic E-state index is 0.00238. The second-order valence-electron chi connectivity index (χ2n) is 11.1. The van der Waals surface area contributed by atoms with Crippen LogP contribution < -0.4 is 9.62 Å². The first-order valence-electron chi connectivity index (χ1n) is 14.9. The zero-order chi connectivity index (χ0) is 31.8. The Balaban J connectivity index is 1.55. The predicted molar refractivity (Wildman–Crippen MR) is 174 cm³/mol. The van der Waals surface area contributed by atoms with Crippen LogP contribution in [0.4, 0.5) is 10.1 Å². The Kier molecular flexibility index (Phi) is 10.5. The van der Waals surface area contributed by atoms with Gasteiger partial charge in [0.25, 0.3) is 10.0 Å². The van der Waals surface area contributed by atoms with Crippen molar-refractivity contribution in [2.45, 2.75) is 55.6 Å². The van der Waals surface area contributed by atoms with Gasteiger partial charge in [-0.1, -0.05) is 85.1 Å². The van der Waals surface area contributed by atoms with E-state index >= 15 is 0 Å². The quantitative estimate of drug-likeness (QED) is 0.194. The number of anilines is 1. The maximum Gasteiger partial charge on any atom is 0.264 e. The van der Waals surface area contributed by atoms with Crippen molar-refractivity contribution in [1.29, 1.82) is 0 Å². The van der Waals surface area contributed by atoms with E-state index in [1.807, 2.05) is 30.3 Å². The summed E-state index contributed by atoms with van der Waals surface area (Å²) >= 11 is 6.11. The van der Waals surface area contributed by atoms with Gasteiger partial charge in [-0.15, -0.1) is 0 Å². The highest BCUT2D eigenvalue weighted by molar-refractivity contribution is 7.92. The van der Waals surface area contributed by atoms with Crippen LogP contribution in [0.3, 0.4) is 0 Å². The molecular weight excluding hydrogens is 613 g/mol. The monoisotopic (exact) mass is 647 g/mol. The van der Waals surface area contributed by atoms with Gasteiger partial charge >= 0.3 is 0 Å². The molecule has 45 heavy (non-hydrogen) atoms. The Labute approximate surface area is 268 Å². The van der Waals surface area contributed by atoms with Crippen LogP contribution in [0.25, 0.3) is 0 Å². The zero-order valence-corrected chi connectivity index (χ0v) is 26.3. The number of hydrogen-bond donors (Lipinski definition) is 1. The Morgan fingerprint density at radius 2 is 1.42 bits per heavy atom. The molecule has 0 unspecified atom stereocenters. The molecule has 0 saturated heterocycles. The van der Waals surface area contributed by atoms with Gasteiger partial charge in [0.15, 0.2) is 0 Å². The summed E-state index contributed by atoms with van der Waals surface area (Å²) in [5.74, 6) is -1.33. The average Bonchev–Trinajstić information content (AvgIpc) is 3.57. The summed E-state index contributed by atoms with van der Waals surface area (Å²) < 4.78 is 42.9. The second kappa shape index (κ2) is 14.7. The Hall–Kier alpha value is -4.21. The number of amides is 2. The van der Waals surface area contributed by atoms with Crippen molar-refractivity contribution in [3.8, 4) is 0 Å². The highest BCUT2D eigenvalue weighted by Gasteiger charge is 2.35. The Morgan fingerprint density at radius 1 is 0.822 bits per heavy atom. The van der Waals surface area contributed by atoms with Gasteiger partial charge in [0.2, 0.25) is 11.8 Å². The number of rotatable bonds is 12. The maximum atomic E-state index is 14.5. The summed E-state index contributed by atoms with van der Waals surface area (Å²) in [6, 6.07) is 28.1. The summed E-state index contributed by atoms with van der Waals surface area (Å²) in [6.45, 7) is -0.614. The molecule has 4 aromatic rings. The highest BCUT2D eigenvalue weighted by Crippen LogP contribution is 2.27. The number of carbonyl (C=O) groups excluding carboxylic acids is 2. The van der Waals surface area contributed by atoms with Crippen molar-refractivity contribution in [2.75, 3.05) is 10.8 Å². The van der Waals surface area contributed by atoms with E-state index in [9.17, 15) is 22.4 Å². The maximum absolute atomic E-state index is 14.5. The molecule has 1 aliphatic carbocycles. The summed E-state index contributed by atoms with van der Waals surface area (Å²) in [5, 5.41) is 3.55. The van der Waals surface area contributed by atoms with Crippen LogP contribution in [0.2, 0.25) is 5.02 Å². The molecule has 10 heteroatoms. The molecule has 1 saturated carbocycles. The molecule has 234 valence electrons. The van der Waals surface area contributed by atoms with E-state index in [0.29, 0.717) is 10.6 Å². The van der Waals surface area contributed by atoms with Crippen molar-refractivity contribution >= 4 is 39.1 Å². The zero-order valence-electron chi connectivity index (χ0n) is 24.7. The standard InChI is InChI=1S/C35H35ClFN3O4S/c36-28-17-21-31(22-18-28)40(45(43,44)32-13-5-2-6-14-32)25-34(41)39(24-27-15-19-29(37)20-16-27)33(23-26-9-3-1-4-10-26)35(42)38-30-11-7-8-12-30/h1-6,9-10,13-22,30,33H,7-8,11-12,23-25H2,(H,38,42)/t33-/m0/s1. The molecule has 2 amide bonds. The van der Waals surface area contributed by atoms with Gasteiger partial charge in [0, 0.05) is 24.0 Å². The molecule has 1 atom stereocenters. The first-order chi connectivity index (χ1) is 21.7. The molecule has 0 radical (unpaired) electrons. The summed E-state index contributed by atoms with van der Waals surface area (Å²) in [4.78, 5) is 29.9. The van der Waals surface area contributed by atoms with Crippen molar-refractivity contribution in [1.82, 2.24) is 10.2 Å². The third-order valence-electron chi connectivity index (χ3n) is 7.96. The predicted octanol–water partition coefficient (Wildman–Crippen LogP) is 6.37. The van der Waals surface area contributed by atoms with Crippen molar-refractivity contribution in [2.24, 2.45) is 0 Å². The minimum Gasteiger partial charge on any atom is -0.352 e. The van der Waals surface area contributed by atoms with Gasteiger partial charge in [-0.3, -0.25) is 13.9 Å². The largest absolute Gasteiger partial charge is 0.352 e. The topological polar surface area (TPSA) is 86.8 Å². The first kappa shape index (κ1) is 32.2. The first-order valence-corrected chi connectivity index (χ1v) is 16.7. The normalized spacial score (nSPS) is 14.1. The highest BCUT2D eigenvalue weighted by atomic mass is 35.5. The van der Waals surface area contributed by atoms with Crippen molar-refractivity contribution in [3.63, 3.8) is 0 Å². The van der Waals surface area contributed by atoms with E-state index in [4.69, 9.17) is 11.6 Å². The smallest absolute Gasteiger partial charge is 0.264 e. The summed E-state index contributed by atoms with van der Waals surface area (Å²) in [6.07, 6.45) is 3.95. The number of halogens is 2. The number of sulfonamides is 1. The second-order valence-corrected chi connectivity index (χ2v) is 13.4. The molecule has 4 aromatic carbocycles. The minimum atomic E-state index is -4.20. The molecule has 0 aromatic heterocycles. The van der Waals surface area contributed by atoms with Gasteiger partial charge in [-0.25, -0.2) is 12.8 Å². The number of carbonyl (C=O) groups is 2. The molecular formula is C35H35ClFN3O4S. The Bertz CT molecular complexity index is 1680.